The number of rotatable bonds is 3. The number of nitrogens with zero attached hydrogens (tertiary/aromatic N) is 2. The molecule has 4 nitrogen and oxygen atoms in total. The first kappa shape index (κ1) is 13.5. The summed E-state index contributed by atoms with van der Waals surface area (Å²) in [5, 5.41) is 13.2. The Morgan fingerprint density at radius 2 is 2.39 bits per heavy atom. The Labute approximate surface area is 112 Å². The third kappa shape index (κ3) is 2.74. The van der Waals surface area contributed by atoms with Crippen molar-refractivity contribution in [1.29, 1.82) is 0 Å². The Morgan fingerprint density at radius 3 is 2.94 bits per heavy atom. The molecule has 1 saturated heterocycles. The molecule has 0 aliphatic carbocycles. The van der Waals surface area contributed by atoms with Crippen LogP contribution in [0.4, 0.5) is 0 Å². The molecule has 1 amide bonds. The van der Waals surface area contributed by atoms with Gasteiger partial charge in [-0.25, -0.2) is 0 Å². The lowest BCUT2D eigenvalue weighted by atomic mass is 9.91. The van der Waals surface area contributed by atoms with Crippen LogP contribution in [-0.4, -0.2) is 60.6 Å². The minimum atomic E-state index is 0.111. The van der Waals surface area contributed by atoms with Crippen LogP contribution in [0.2, 0.25) is 0 Å². The van der Waals surface area contributed by atoms with E-state index in [2.05, 4.69) is 4.90 Å². The first-order valence-electron chi connectivity index (χ1n) is 6.22. The maximum Gasteiger partial charge on any atom is 0.254 e. The molecule has 2 atom stereocenters. The second kappa shape index (κ2) is 5.82. The summed E-state index contributed by atoms with van der Waals surface area (Å²) in [4.78, 5) is 16.3. The lowest BCUT2D eigenvalue weighted by molar-refractivity contribution is 0.0380. The molecule has 2 heterocycles. The van der Waals surface area contributed by atoms with E-state index >= 15 is 0 Å². The number of hydrogen-bond donors (Lipinski definition) is 1. The van der Waals surface area contributed by atoms with Crippen LogP contribution < -0.4 is 0 Å². The highest BCUT2D eigenvalue weighted by molar-refractivity contribution is 7.08. The van der Waals surface area contributed by atoms with E-state index in [0.717, 1.165) is 18.5 Å². The van der Waals surface area contributed by atoms with Crippen molar-refractivity contribution < 1.29 is 9.90 Å². The Hall–Kier alpha value is -0.910. The minimum Gasteiger partial charge on any atom is -0.396 e. The van der Waals surface area contributed by atoms with Crippen LogP contribution in [0, 0.1) is 5.92 Å². The normalized spacial score (nSPS) is 24.6. The van der Waals surface area contributed by atoms with E-state index < -0.39 is 0 Å². The molecule has 1 N–H and O–H groups in total. The van der Waals surface area contributed by atoms with Crippen LogP contribution in [0.3, 0.4) is 0 Å². The van der Waals surface area contributed by atoms with Crippen molar-refractivity contribution in [3.05, 3.63) is 22.4 Å². The van der Waals surface area contributed by atoms with Gasteiger partial charge in [-0.05, 0) is 32.0 Å². The van der Waals surface area contributed by atoms with Gasteiger partial charge in [0.15, 0.2) is 0 Å². The van der Waals surface area contributed by atoms with Gasteiger partial charge in [-0.1, -0.05) is 0 Å². The second-order valence-corrected chi connectivity index (χ2v) is 5.81. The van der Waals surface area contributed by atoms with Crippen molar-refractivity contribution in [3.63, 3.8) is 0 Å². The van der Waals surface area contributed by atoms with Crippen LogP contribution >= 0.6 is 11.3 Å². The second-order valence-electron chi connectivity index (χ2n) is 5.03. The van der Waals surface area contributed by atoms with Gasteiger partial charge in [-0.2, -0.15) is 11.3 Å². The fourth-order valence-corrected chi connectivity index (χ4v) is 3.16. The molecule has 5 heteroatoms. The van der Waals surface area contributed by atoms with Crippen molar-refractivity contribution in [3.8, 4) is 0 Å². The van der Waals surface area contributed by atoms with E-state index in [1.54, 1.807) is 11.3 Å². The fraction of sp³-hybridized carbons (Fsp3) is 0.615. The monoisotopic (exact) mass is 268 g/mol. The molecule has 0 bridgehead atoms. The zero-order valence-corrected chi connectivity index (χ0v) is 11.7. The van der Waals surface area contributed by atoms with Crippen LogP contribution in [0.15, 0.2) is 16.8 Å². The van der Waals surface area contributed by atoms with Gasteiger partial charge in [0.05, 0.1) is 5.56 Å². The highest BCUT2D eigenvalue weighted by Gasteiger charge is 2.32. The van der Waals surface area contributed by atoms with Gasteiger partial charge < -0.3 is 14.9 Å². The summed E-state index contributed by atoms with van der Waals surface area (Å²) in [5.41, 5.74) is 0.778. The zero-order valence-electron chi connectivity index (χ0n) is 10.9. The van der Waals surface area contributed by atoms with Crippen LogP contribution in [0.5, 0.6) is 0 Å². The third-order valence-electron chi connectivity index (χ3n) is 3.67. The lowest BCUT2D eigenvalue weighted by Crippen LogP contribution is -2.53. The highest BCUT2D eigenvalue weighted by Crippen LogP contribution is 2.22. The molecule has 1 aliphatic heterocycles. The van der Waals surface area contributed by atoms with Crippen molar-refractivity contribution >= 4 is 17.2 Å². The number of likely N-dealkylation sites (tertiary alicyclic amines) is 1. The molecule has 0 unspecified atom stereocenters. The summed E-state index contributed by atoms with van der Waals surface area (Å²) < 4.78 is 0. The van der Waals surface area contributed by atoms with Gasteiger partial charge >= 0.3 is 0 Å². The van der Waals surface area contributed by atoms with Gasteiger partial charge in [0.2, 0.25) is 0 Å². The molecule has 0 spiro atoms. The number of likely N-dealkylation sites (N-methyl/N-ethyl adjacent to an activating group) is 1. The van der Waals surface area contributed by atoms with Crippen LogP contribution in [-0.2, 0) is 0 Å². The largest absolute Gasteiger partial charge is 0.396 e. The number of aliphatic hydroxyl groups excluding tert-OH is 1. The average Bonchev–Trinajstić information content (AvgIpc) is 2.90. The zero-order chi connectivity index (χ0) is 13.1. The number of carbonyl (C=O) groups excluding carboxylic acids is 1. The predicted molar refractivity (Wildman–Crippen MR) is 72.9 cm³/mol. The predicted octanol–water partition coefficient (Wildman–Crippen LogP) is 1.13. The summed E-state index contributed by atoms with van der Waals surface area (Å²) in [5.74, 6) is 0.381. The Balaban J connectivity index is 2.06. The minimum absolute atomic E-state index is 0.111. The Bertz CT molecular complexity index is 392. The van der Waals surface area contributed by atoms with Crippen LogP contribution in [0.25, 0.3) is 0 Å². The summed E-state index contributed by atoms with van der Waals surface area (Å²) >= 11 is 1.55. The molecule has 100 valence electrons. The molecule has 1 fully saturated rings. The van der Waals surface area contributed by atoms with Crippen molar-refractivity contribution in [2.24, 2.45) is 5.92 Å². The SMILES string of the molecule is CN(C)[C@@H]1CN(C(=O)c2ccsc2)CC[C@@H]1CO. The first-order chi connectivity index (χ1) is 8.63. The maximum absolute atomic E-state index is 12.3. The van der Waals surface area contributed by atoms with Crippen LogP contribution in [0.1, 0.15) is 16.8 Å². The molecule has 0 saturated carbocycles. The molecule has 1 aromatic heterocycles. The van der Waals surface area contributed by atoms with E-state index in [1.165, 1.54) is 0 Å². The van der Waals surface area contributed by atoms with E-state index in [-0.39, 0.29) is 24.5 Å². The number of piperidine rings is 1. The van der Waals surface area contributed by atoms with Crippen molar-refractivity contribution in [2.75, 3.05) is 33.8 Å². The smallest absolute Gasteiger partial charge is 0.254 e. The number of hydrogen-bond acceptors (Lipinski definition) is 4. The molecule has 1 aromatic rings. The average molecular weight is 268 g/mol. The van der Waals surface area contributed by atoms with E-state index in [9.17, 15) is 9.90 Å². The van der Waals surface area contributed by atoms with E-state index in [4.69, 9.17) is 0 Å². The van der Waals surface area contributed by atoms with E-state index in [0.29, 0.717) is 6.54 Å². The molecule has 1 aliphatic rings. The van der Waals surface area contributed by atoms with Gasteiger partial charge in [0, 0.05) is 37.0 Å². The first-order valence-corrected chi connectivity index (χ1v) is 7.16. The lowest BCUT2D eigenvalue weighted by Gasteiger charge is -2.41. The van der Waals surface area contributed by atoms with Crippen molar-refractivity contribution in [1.82, 2.24) is 9.80 Å². The summed E-state index contributed by atoms with van der Waals surface area (Å²) in [6.45, 7) is 1.64. The number of carbonyl (C=O) groups is 1. The highest BCUT2D eigenvalue weighted by atomic mass is 32.1. The van der Waals surface area contributed by atoms with Gasteiger partial charge in [0.25, 0.3) is 5.91 Å². The summed E-state index contributed by atoms with van der Waals surface area (Å²) in [6, 6.07) is 2.11. The topological polar surface area (TPSA) is 43.8 Å². The molecule has 0 aromatic carbocycles. The fourth-order valence-electron chi connectivity index (χ4n) is 2.53. The van der Waals surface area contributed by atoms with Gasteiger partial charge in [-0.15, -0.1) is 0 Å². The number of thiophene rings is 1. The molecular weight excluding hydrogens is 248 g/mol. The molecule has 2 rings (SSSR count). The van der Waals surface area contributed by atoms with Gasteiger partial charge in [-0.3, -0.25) is 4.79 Å². The quantitative estimate of drug-likeness (QED) is 0.894. The van der Waals surface area contributed by atoms with Gasteiger partial charge in [0.1, 0.15) is 0 Å². The number of amides is 1. The molecule has 0 radical (unpaired) electrons. The summed E-state index contributed by atoms with van der Waals surface area (Å²) in [7, 11) is 4.01. The Morgan fingerprint density at radius 1 is 1.61 bits per heavy atom. The van der Waals surface area contributed by atoms with Crippen molar-refractivity contribution in [2.45, 2.75) is 12.5 Å². The van der Waals surface area contributed by atoms with E-state index in [1.807, 2.05) is 35.8 Å². The maximum atomic E-state index is 12.3. The third-order valence-corrected chi connectivity index (χ3v) is 4.36. The number of aliphatic hydroxyl groups is 1. The summed E-state index contributed by atoms with van der Waals surface area (Å²) in [6.07, 6.45) is 0.870. The Kier molecular flexibility index (Phi) is 4.37. The standard InChI is InChI=1S/C13H20N2O2S/c1-14(2)12-7-15(5-3-10(12)8-16)13(17)11-4-6-18-9-11/h4,6,9-10,12,16H,3,5,7-8H2,1-2H3/t10-,12-/m1/s1. The molecular formula is C13H20N2O2S. The molecule has 18 heavy (non-hydrogen) atoms.